The van der Waals surface area contributed by atoms with Gasteiger partial charge in [0, 0.05) is 24.4 Å². The van der Waals surface area contributed by atoms with Crippen LogP contribution >= 0.6 is 0 Å². The number of aromatic nitrogens is 2. The van der Waals surface area contributed by atoms with Crippen molar-refractivity contribution in [3.63, 3.8) is 0 Å². The highest BCUT2D eigenvalue weighted by Gasteiger charge is 2.18. The van der Waals surface area contributed by atoms with Crippen molar-refractivity contribution in [2.24, 2.45) is 0 Å². The predicted octanol–water partition coefficient (Wildman–Crippen LogP) is 2.20. The van der Waals surface area contributed by atoms with Gasteiger partial charge in [-0.15, -0.1) is 0 Å². The molecule has 3 rings (SSSR count). The molecule has 1 atom stereocenters. The van der Waals surface area contributed by atoms with Gasteiger partial charge in [0.1, 0.15) is 11.5 Å². The molecule has 1 aliphatic heterocycles. The van der Waals surface area contributed by atoms with Crippen LogP contribution in [0.4, 0.5) is 5.82 Å². The standard InChI is InChI=1S/C16H18N4O/c21-16(20-15-8-1-2-10-18-15)14-7-3-6-13(19-14)12-5-4-9-17-11-12/h1-3,6-8,10,12,17H,4-5,9,11H2,(H,18,20,21)/t12-/m0/s1. The van der Waals surface area contributed by atoms with Gasteiger partial charge in [0.2, 0.25) is 0 Å². The molecule has 1 amide bonds. The molecule has 3 heterocycles. The Hall–Kier alpha value is -2.27. The number of pyridine rings is 2. The molecule has 1 saturated heterocycles. The van der Waals surface area contributed by atoms with Gasteiger partial charge in [0.05, 0.1) is 0 Å². The van der Waals surface area contributed by atoms with Gasteiger partial charge < -0.3 is 10.6 Å². The fourth-order valence-corrected chi connectivity index (χ4v) is 2.53. The zero-order chi connectivity index (χ0) is 14.5. The number of nitrogens with one attached hydrogen (secondary N) is 2. The van der Waals surface area contributed by atoms with E-state index in [2.05, 4.69) is 20.6 Å². The number of carbonyl (C=O) groups is 1. The topological polar surface area (TPSA) is 66.9 Å². The van der Waals surface area contributed by atoms with Gasteiger partial charge in [-0.1, -0.05) is 12.1 Å². The molecule has 1 fully saturated rings. The second-order valence-electron chi connectivity index (χ2n) is 5.16. The molecule has 2 N–H and O–H groups in total. The van der Waals surface area contributed by atoms with Gasteiger partial charge >= 0.3 is 0 Å². The summed E-state index contributed by atoms with van der Waals surface area (Å²) in [6, 6.07) is 11.0. The van der Waals surface area contributed by atoms with Crippen molar-refractivity contribution in [3.05, 3.63) is 54.0 Å². The molecule has 1 aliphatic rings. The Bertz CT molecular complexity index is 609. The number of carbonyl (C=O) groups excluding carboxylic acids is 1. The van der Waals surface area contributed by atoms with Gasteiger partial charge in [0.15, 0.2) is 0 Å². The summed E-state index contributed by atoms with van der Waals surface area (Å²) in [5.74, 6) is 0.703. The first-order chi connectivity index (χ1) is 10.3. The molecule has 2 aromatic rings. The van der Waals surface area contributed by atoms with E-state index in [9.17, 15) is 4.79 Å². The monoisotopic (exact) mass is 282 g/mol. The molecule has 5 heteroatoms. The number of piperidine rings is 1. The summed E-state index contributed by atoms with van der Waals surface area (Å²) in [5, 5.41) is 6.13. The van der Waals surface area contributed by atoms with Crippen LogP contribution in [-0.4, -0.2) is 29.0 Å². The van der Waals surface area contributed by atoms with Crippen molar-refractivity contribution < 1.29 is 4.79 Å². The molecule has 2 aromatic heterocycles. The third kappa shape index (κ3) is 3.44. The lowest BCUT2D eigenvalue weighted by Crippen LogP contribution is -2.29. The van der Waals surface area contributed by atoms with Crippen LogP contribution in [0.15, 0.2) is 42.6 Å². The van der Waals surface area contributed by atoms with Gasteiger partial charge in [-0.05, 0) is 43.7 Å². The number of hydrogen-bond donors (Lipinski definition) is 2. The fourth-order valence-electron chi connectivity index (χ4n) is 2.53. The minimum atomic E-state index is -0.223. The Kier molecular flexibility index (Phi) is 4.21. The average molecular weight is 282 g/mol. The molecule has 0 radical (unpaired) electrons. The number of nitrogens with zero attached hydrogens (tertiary/aromatic N) is 2. The predicted molar refractivity (Wildman–Crippen MR) is 81.3 cm³/mol. The van der Waals surface area contributed by atoms with Crippen LogP contribution < -0.4 is 10.6 Å². The molecule has 0 bridgehead atoms. The number of hydrogen-bond acceptors (Lipinski definition) is 4. The second-order valence-corrected chi connectivity index (χ2v) is 5.16. The molecular weight excluding hydrogens is 264 g/mol. The van der Waals surface area contributed by atoms with Crippen molar-refractivity contribution in [3.8, 4) is 0 Å². The van der Waals surface area contributed by atoms with E-state index in [1.54, 1.807) is 18.3 Å². The highest BCUT2D eigenvalue weighted by molar-refractivity contribution is 6.02. The van der Waals surface area contributed by atoms with Crippen molar-refractivity contribution >= 4 is 11.7 Å². The first-order valence-corrected chi connectivity index (χ1v) is 7.23. The maximum absolute atomic E-state index is 12.2. The van der Waals surface area contributed by atoms with Gasteiger partial charge in [-0.25, -0.2) is 9.97 Å². The van der Waals surface area contributed by atoms with E-state index in [4.69, 9.17) is 0 Å². The first kappa shape index (κ1) is 13.7. The number of anilines is 1. The smallest absolute Gasteiger partial charge is 0.275 e. The summed E-state index contributed by atoms with van der Waals surface area (Å²) in [4.78, 5) is 20.8. The molecular formula is C16H18N4O. The maximum atomic E-state index is 12.2. The Morgan fingerprint density at radius 3 is 2.95 bits per heavy atom. The van der Waals surface area contributed by atoms with Crippen LogP contribution in [-0.2, 0) is 0 Å². The molecule has 5 nitrogen and oxygen atoms in total. The fraction of sp³-hybridized carbons (Fsp3) is 0.312. The Balaban J connectivity index is 1.74. The van der Waals surface area contributed by atoms with Crippen molar-refractivity contribution in [2.45, 2.75) is 18.8 Å². The summed E-state index contributed by atoms with van der Waals surface area (Å²) < 4.78 is 0. The summed E-state index contributed by atoms with van der Waals surface area (Å²) in [5.41, 5.74) is 1.42. The average Bonchev–Trinajstić information content (AvgIpc) is 2.57. The lowest BCUT2D eigenvalue weighted by Gasteiger charge is -2.22. The van der Waals surface area contributed by atoms with E-state index in [0.717, 1.165) is 31.6 Å². The number of rotatable bonds is 3. The van der Waals surface area contributed by atoms with E-state index < -0.39 is 0 Å². The van der Waals surface area contributed by atoms with Gasteiger partial charge in [-0.3, -0.25) is 4.79 Å². The van der Waals surface area contributed by atoms with E-state index in [0.29, 0.717) is 17.4 Å². The van der Waals surface area contributed by atoms with Crippen molar-refractivity contribution in [2.75, 3.05) is 18.4 Å². The lowest BCUT2D eigenvalue weighted by molar-refractivity contribution is 0.102. The lowest BCUT2D eigenvalue weighted by atomic mass is 9.95. The minimum absolute atomic E-state index is 0.223. The largest absolute Gasteiger partial charge is 0.316 e. The SMILES string of the molecule is O=C(Nc1ccccn1)c1cccc([C@H]2CCCNC2)n1. The van der Waals surface area contributed by atoms with Gasteiger partial charge in [0.25, 0.3) is 5.91 Å². The third-order valence-corrected chi connectivity index (χ3v) is 3.62. The quantitative estimate of drug-likeness (QED) is 0.905. The molecule has 0 aliphatic carbocycles. The Labute approximate surface area is 123 Å². The third-order valence-electron chi connectivity index (χ3n) is 3.62. The molecule has 0 saturated carbocycles. The van der Waals surface area contributed by atoms with Crippen LogP contribution in [0.25, 0.3) is 0 Å². The molecule has 108 valence electrons. The van der Waals surface area contributed by atoms with Crippen molar-refractivity contribution in [1.29, 1.82) is 0 Å². The molecule has 0 aromatic carbocycles. The zero-order valence-corrected chi connectivity index (χ0v) is 11.7. The highest BCUT2D eigenvalue weighted by Crippen LogP contribution is 2.21. The maximum Gasteiger partial charge on any atom is 0.275 e. The molecule has 21 heavy (non-hydrogen) atoms. The first-order valence-electron chi connectivity index (χ1n) is 7.23. The van der Waals surface area contributed by atoms with E-state index in [-0.39, 0.29) is 5.91 Å². The van der Waals surface area contributed by atoms with Crippen LogP contribution in [0, 0.1) is 0 Å². The summed E-state index contributed by atoms with van der Waals surface area (Å²) in [7, 11) is 0. The summed E-state index contributed by atoms with van der Waals surface area (Å²) in [6.45, 7) is 1.99. The minimum Gasteiger partial charge on any atom is -0.316 e. The normalized spacial score (nSPS) is 18.2. The van der Waals surface area contributed by atoms with Crippen LogP contribution in [0.3, 0.4) is 0 Å². The van der Waals surface area contributed by atoms with E-state index in [1.807, 2.05) is 24.3 Å². The number of amides is 1. The zero-order valence-electron chi connectivity index (χ0n) is 11.7. The Morgan fingerprint density at radius 1 is 1.24 bits per heavy atom. The van der Waals surface area contributed by atoms with E-state index in [1.165, 1.54) is 0 Å². The van der Waals surface area contributed by atoms with Crippen LogP contribution in [0.1, 0.15) is 34.9 Å². The summed E-state index contributed by atoms with van der Waals surface area (Å²) in [6.07, 6.45) is 3.91. The highest BCUT2D eigenvalue weighted by atomic mass is 16.1. The van der Waals surface area contributed by atoms with E-state index >= 15 is 0 Å². The molecule has 0 unspecified atom stereocenters. The second kappa shape index (κ2) is 6.45. The summed E-state index contributed by atoms with van der Waals surface area (Å²) >= 11 is 0. The van der Waals surface area contributed by atoms with Crippen LogP contribution in [0.2, 0.25) is 0 Å². The molecule has 0 spiro atoms. The van der Waals surface area contributed by atoms with Gasteiger partial charge in [-0.2, -0.15) is 0 Å². The van der Waals surface area contributed by atoms with Crippen LogP contribution in [0.5, 0.6) is 0 Å². The van der Waals surface area contributed by atoms with Crippen molar-refractivity contribution in [1.82, 2.24) is 15.3 Å². The Morgan fingerprint density at radius 2 is 2.19 bits per heavy atom.